The Labute approximate surface area is 154 Å². The van der Waals surface area contributed by atoms with Crippen LogP contribution in [0.3, 0.4) is 0 Å². The van der Waals surface area contributed by atoms with Gasteiger partial charge >= 0.3 is 0 Å². The molecule has 0 unspecified atom stereocenters. The molecule has 0 aliphatic heterocycles. The molecule has 7 nitrogen and oxygen atoms in total. The third-order valence-corrected chi connectivity index (χ3v) is 4.62. The third-order valence-electron chi connectivity index (χ3n) is 3.25. The van der Waals surface area contributed by atoms with E-state index < -0.39 is 31.7 Å². The molecule has 0 aromatic heterocycles. The Morgan fingerprint density at radius 3 is 2.04 bits per heavy atom. The van der Waals surface area contributed by atoms with Gasteiger partial charge in [0, 0.05) is 17.1 Å². The summed E-state index contributed by atoms with van der Waals surface area (Å²) in [5.74, 6) is -1.29. The maximum atomic E-state index is 11.3. The molecular weight excluding hydrogens is 378 g/mol. The summed E-state index contributed by atoms with van der Waals surface area (Å²) >= 11 is 0. The number of anilines is 1. The predicted octanol–water partition coefficient (Wildman–Crippen LogP) is 3.46. The second-order valence-corrected chi connectivity index (χ2v) is 8.82. The highest BCUT2D eigenvalue weighted by molar-refractivity contribution is 7.85. The average molecular weight is 404 g/mol. The molecule has 2 rings (SSSR count). The van der Waals surface area contributed by atoms with Crippen molar-refractivity contribution < 1.29 is 25.9 Å². The Balaban J connectivity index is 0.00000163. The van der Waals surface area contributed by atoms with E-state index in [1.54, 1.807) is 24.3 Å². The van der Waals surface area contributed by atoms with Gasteiger partial charge in [-0.05, 0) is 42.5 Å². The molecule has 9 heteroatoms. The van der Waals surface area contributed by atoms with Crippen LogP contribution in [0.1, 0.15) is 38.8 Å². The van der Waals surface area contributed by atoms with Gasteiger partial charge in [0.25, 0.3) is 20.2 Å². The predicted molar refractivity (Wildman–Crippen MR) is 105 cm³/mol. The fraction of sp³-hybridized carbons (Fsp3) is 0.412. The van der Waals surface area contributed by atoms with Crippen molar-refractivity contribution in [1.29, 1.82) is 0 Å². The van der Waals surface area contributed by atoms with E-state index in [9.17, 15) is 21.4 Å². The van der Waals surface area contributed by atoms with Gasteiger partial charge in [-0.2, -0.15) is 16.8 Å². The van der Waals surface area contributed by atoms with Gasteiger partial charge in [-0.15, -0.1) is 0 Å². The number of hydrogen-bond donors (Lipinski definition) is 3. The number of benzene rings is 2. The maximum absolute atomic E-state index is 11.3. The zero-order valence-electron chi connectivity index (χ0n) is 15.2. The van der Waals surface area contributed by atoms with Gasteiger partial charge in [-0.1, -0.05) is 32.0 Å². The van der Waals surface area contributed by atoms with E-state index >= 15 is 0 Å². The van der Waals surface area contributed by atoms with Crippen LogP contribution in [0.2, 0.25) is 0 Å². The monoisotopic (exact) mass is 403 g/mol. The highest BCUT2D eigenvalue weighted by Crippen LogP contribution is 2.31. The summed E-state index contributed by atoms with van der Waals surface area (Å²) in [6.45, 7) is 7.85. The first-order chi connectivity index (χ1) is 11.9. The standard InChI is InChI=1S/C15H19NO6S2.C2H6/c1-10(2)16-14-5-3-4-12-6-11(8-23(17,18)19)7-13(15(12)14)9-24(20,21)22;1-2/h3-7,10,16H,8-9H2,1-2H3,(H,17,18,19)(H,20,21,22);1-2H3. The molecule has 2 aromatic rings. The fourth-order valence-electron chi connectivity index (χ4n) is 2.62. The molecule has 0 atom stereocenters. The Kier molecular flexibility index (Phi) is 7.57. The van der Waals surface area contributed by atoms with E-state index in [1.165, 1.54) is 6.07 Å². The van der Waals surface area contributed by atoms with Gasteiger partial charge in [0.05, 0.1) is 0 Å². The highest BCUT2D eigenvalue weighted by atomic mass is 32.2. The summed E-state index contributed by atoms with van der Waals surface area (Å²) in [6, 6.07) is 8.27. The minimum atomic E-state index is -4.31. The summed E-state index contributed by atoms with van der Waals surface area (Å²) in [5.41, 5.74) is 1.18. The Bertz CT molecular complexity index is 966. The van der Waals surface area contributed by atoms with Crippen molar-refractivity contribution in [3.8, 4) is 0 Å². The summed E-state index contributed by atoms with van der Waals surface area (Å²) in [5, 5.41) is 4.40. The van der Waals surface area contributed by atoms with Crippen molar-refractivity contribution in [3.63, 3.8) is 0 Å². The zero-order valence-corrected chi connectivity index (χ0v) is 16.9. The van der Waals surface area contributed by atoms with Crippen molar-refractivity contribution >= 4 is 36.7 Å². The SMILES string of the molecule is CC.CC(C)Nc1cccc2cc(CS(=O)(=O)O)cc(CS(=O)(=O)O)c12. The molecule has 0 amide bonds. The van der Waals surface area contributed by atoms with E-state index in [4.69, 9.17) is 4.55 Å². The zero-order chi connectivity index (χ0) is 20.1. The lowest BCUT2D eigenvalue weighted by Gasteiger charge is -2.16. The lowest BCUT2D eigenvalue weighted by Crippen LogP contribution is -2.11. The number of rotatable bonds is 6. The molecular formula is C17H25NO6S2. The van der Waals surface area contributed by atoms with Crippen molar-refractivity contribution in [1.82, 2.24) is 0 Å². The molecule has 0 saturated heterocycles. The number of hydrogen-bond acceptors (Lipinski definition) is 5. The largest absolute Gasteiger partial charge is 0.382 e. The minimum absolute atomic E-state index is 0.0895. The fourth-order valence-corrected chi connectivity index (χ4v) is 3.83. The van der Waals surface area contributed by atoms with Crippen LogP contribution in [0.15, 0.2) is 30.3 Å². The molecule has 0 heterocycles. The first-order valence-corrected chi connectivity index (χ1v) is 11.4. The molecule has 0 radical (unpaired) electrons. The van der Waals surface area contributed by atoms with Crippen LogP contribution in [0.25, 0.3) is 10.8 Å². The second kappa shape index (κ2) is 8.81. The van der Waals surface area contributed by atoms with E-state index in [2.05, 4.69) is 5.32 Å². The van der Waals surface area contributed by atoms with E-state index in [-0.39, 0.29) is 17.2 Å². The molecule has 0 fully saturated rings. The minimum Gasteiger partial charge on any atom is -0.382 e. The molecule has 0 bridgehead atoms. The second-order valence-electron chi connectivity index (χ2n) is 5.91. The van der Waals surface area contributed by atoms with Gasteiger partial charge < -0.3 is 5.32 Å². The van der Waals surface area contributed by atoms with Crippen LogP contribution in [0.5, 0.6) is 0 Å². The van der Waals surface area contributed by atoms with Crippen molar-refractivity contribution in [2.75, 3.05) is 5.32 Å². The number of nitrogens with one attached hydrogen (secondary N) is 1. The van der Waals surface area contributed by atoms with E-state index in [0.717, 1.165) is 0 Å². The molecule has 0 spiro atoms. The Morgan fingerprint density at radius 1 is 0.962 bits per heavy atom. The average Bonchev–Trinajstić information content (AvgIpc) is 2.45. The molecule has 146 valence electrons. The molecule has 0 aliphatic carbocycles. The van der Waals surface area contributed by atoms with Crippen LogP contribution in [-0.4, -0.2) is 32.0 Å². The van der Waals surface area contributed by atoms with Crippen LogP contribution in [0, 0.1) is 0 Å². The lowest BCUT2D eigenvalue weighted by atomic mass is 10.0. The Hall–Kier alpha value is -1.68. The highest BCUT2D eigenvalue weighted by Gasteiger charge is 2.16. The van der Waals surface area contributed by atoms with Crippen LogP contribution in [0.4, 0.5) is 5.69 Å². The van der Waals surface area contributed by atoms with Gasteiger partial charge in [-0.25, -0.2) is 0 Å². The van der Waals surface area contributed by atoms with Crippen LogP contribution < -0.4 is 5.32 Å². The third kappa shape index (κ3) is 6.91. The molecule has 0 saturated carbocycles. The summed E-state index contributed by atoms with van der Waals surface area (Å²) in [7, 11) is -8.58. The molecule has 26 heavy (non-hydrogen) atoms. The first kappa shape index (κ1) is 22.4. The Morgan fingerprint density at radius 2 is 1.54 bits per heavy atom. The van der Waals surface area contributed by atoms with E-state index in [0.29, 0.717) is 16.5 Å². The maximum Gasteiger partial charge on any atom is 0.269 e. The van der Waals surface area contributed by atoms with Crippen LogP contribution in [-0.2, 0) is 31.7 Å². The smallest absolute Gasteiger partial charge is 0.269 e. The van der Waals surface area contributed by atoms with Crippen LogP contribution >= 0.6 is 0 Å². The van der Waals surface area contributed by atoms with Crippen molar-refractivity contribution in [3.05, 3.63) is 41.5 Å². The normalized spacial score (nSPS) is 12.0. The van der Waals surface area contributed by atoms with Gasteiger partial charge in [0.2, 0.25) is 0 Å². The topological polar surface area (TPSA) is 121 Å². The molecule has 0 aliphatic rings. The van der Waals surface area contributed by atoms with Crippen molar-refractivity contribution in [2.24, 2.45) is 0 Å². The first-order valence-electron chi connectivity index (χ1n) is 8.16. The van der Waals surface area contributed by atoms with Crippen molar-refractivity contribution in [2.45, 2.75) is 45.2 Å². The summed E-state index contributed by atoms with van der Waals surface area (Å²) in [6.07, 6.45) is 0. The van der Waals surface area contributed by atoms with E-state index in [1.807, 2.05) is 27.7 Å². The quantitative estimate of drug-likeness (QED) is 0.632. The van der Waals surface area contributed by atoms with Gasteiger partial charge in [0.1, 0.15) is 11.5 Å². The van der Waals surface area contributed by atoms with Gasteiger partial charge in [0.15, 0.2) is 0 Å². The number of fused-ring (bicyclic) bond motifs is 1. The molecule has 3 N–H and O–H groups in total. The van der Waals surface area contributed by atoms with Gasteiger partial charge in [-0.3, -0.25) is 9.11 Å². The molecule has 2 aromatic carbocycles. The lowest BCUT2D eigenvalue weighted by molar-refractivity contribution is 0.480. The summed E-state index contributed by atoms with van der Waals surface area (Å²) < 4.78 is 63.2. The summed E-state index contributed by atoms with van der Waals surface area (Å²) in [4.78, 5) is 0.